The standard InChI is InChI=1S/C30H32N2O5/c1-4-36-25-19-23(15-16-24(25)37-20-21-11-7-5-8-12-21)27-26(28(33)22-13-9-6-10-14-22)29(34)30(35)32(27)18-17-31(2)3/h5-16,19,27,33H,4,17-18,20H2,1-3H3/b28-26+. The van der Waals surface area contributed by atoms with Gasteiger partial charge in [-0.25, -0.2) is 0 Å². The summed E-state index contributed by atoms with van der Waals surface area (Å²) in [5.41, 5.74) is 2.22. The van der Waals surface area contributed by atoms with E-state index in [2.05, 4.69) is 0 Å². The van der Waals surface area contributed by atoms with Crippen molar-refractivity contribution in [3.05, 3.63) is 101 Å². The van der Waals surface area contributed by atoms with Crippen molar-refractivity contribution in [3.63, 3.8) is 0 Å². The molecule has 0 saturated carbocycles. The molecule has 0 spiro atoms. The molecule has 192 valence electrons. The number of likely N-dealkylation sites (tertiary alicyclic amines) is 1. The summed E-state index contributed by atoms with van der Waals surface area (Å²) in [5.74, 6) is -0.463. The number of nitrogens with zero attached hydrogens (tertiary/aromatic N) is 2. The Balaban J connectivity index is 1.76. The Labute approximate surface area is 217 Å². The van der Waals surface area contributed by atoms with Gasteiger partial charge in [-0.05, 0) is 44.3 Å². The van der Waals surface area contributed by atoms with E-state index < -0.39 is 17.7 Å². The van der Waals surface area contributed by atoms with E-state index in [0.717, 1.165) is 5.56 Å². The van der Waals surface area contributed by atoms with Crippen LogP contribution in [0.2, 0.25) is 0 Å². The highest BCUT2D eigenvalue weighted by atomic mass is 16.5. The van der Waals surface area contributed by atoms with Crippen LogP contribution in [-0.4, -0.2) is 60.4 Å². The van der Waals surface area contributed by atoms with Crippen LogP contribution in [0.1, 0.15) is 29.7 Å². The molecule has 1 unspecified atom stereocenters. The van der Waals surface area contributed by atoms with E-state index in [1.807, 2.05) is 68.4 Å². The summed E-state index contributed by atoms with van der Waals surface area (Å²) >= 11 is 0. The summed E-state index contributed by atoms with van der Waals surface area (Å²) in [6, 6.07) is 23.3. The topological polar surface area (TPSA) is 79.3 Å². The van der Waals surface area contributed by atoms with Gasteiger partial charge >= 0.3 is 0 Å². The van der Waals surface area contributed by atoms with Gasteiger partial charge in [0.1, 0.15) is 12.4 Å². The van der Waals surface area contributed by atoms with Crippen LogP contribution in [0.15, 0.2) is 84.4 Å². The van der Waals surface area contributed by atoms with E-state index in [-0.39, 0.29) is 11.3 Å². The van der Waals surface area contributed by atoms with Crippen molar-refractivity contribution in [2.75, 3.05) is 33.8 Å². The van der Waals surface area contributed by atoms with E-state index in [4.69, 9.17) is 9.47 Å². The van der Waals surface area contributed by atoms with Crippen molar-refractivity contribution in [3.8, 4) is 11.5 Å². The zero-order valence-corrected chi connectivity index (χ0v) is 21.4. The molecule has 0 radical (unpaired) electrons. The van der Waals surface area contributed by atoms with Gasteiger partial charge in [-0.1, -0.05) is 66.7 Å². The summed E-state index contributed by atoms with van der Waals surface area (Å²) in [4.78, 5) is 29.8. The molecule has 1 aliphatic rings. The number of ether oxygens (including phenoxy) is 2. The van der Waals surface area contributed by atoms with Crippen molar-refractivity contribution in [2.24, 2.45) is 0 Å². The Morgan fingerprint density at radius 3 is 2.24 bits per heavy atom. The highest BCUT2D eigenvalue weighted by molar-refractivity contribution is 6.46. The number of amides is 1. The summed E-state index contributed by atoms with van der Waals surface area (Å²) < 4.78 is 11.9. The Hall–Kier alpha value is -4.10. The minimum atomic E-state index is -0.762. The molecule has 0 aliphatic carbocycles. The number of Topliss-reactive ketones (excluding diaryl/α,β-unsaturated/α-hetero) is 1. The van der Waals surface area contributed by atoms with Crippen molar-refractivity contribution < 1.29 is 24.2 Å². The van der Waals surface area contributed by atoms with Crippen molar-refractivity contribution in [2.45, 2.75) is 19.6 Å². The van der Waals surface area contributed by atoms with Crippen LogP contribution >= 0.6 is 0 Å². The Morgan fingerprint density at radius 2 is 1.59 bits per heavy atom. The Morgan fingerprint density at radius 1 is 0.919 bits per heavy atom. The first-order valence-corrected chi connectivity index (χ1v) is 12.3. The second-order valence-corrected chi connectivity index (χ2v) is 9.08. The second-order valence-electron chi connectivity index (χ2n) is 9.08. The monoisotopic (exact) mass is 500 g/mol. The average Bonchev–Trinajstić information content (AvgIpc) is 3.17. The normalized spacial score (nSPS) is 16.9. The lowest BCUT2D eigenvalue weighted by Crippen LogP contribution is -2.35. The van der Waals surface area contributed by atoms with Crippen LogP contribution in [-0.2, 0) is 16.2 Å². The lowest BCUT2D eigenvalue weighted by Gasteiger charge is -2.27. The highest BCUT2D eigenvalue weighted by Gasteiger charge is 2.46. The van der Waals surface area contributed by atoms with Gasteiger partial charge < -0.3 is 24.4 Å². The summed E-state index contributed by atoms with van der Waals surface area (Å²) in [7, 11) is 3.81. The molecule has 1 fully saturated rings. The van der Waals surface area contributed by atoms with Gasteiger partial charge in [0, 0.05) is 18.7 Å². The summed E-state index contributed by atoms with van der Waals surface area (Å²) in [6.07, 6.45) is 0. The third kappa shape index (κ3) is 5.84. The van der Waals surface area contributed by atoms with Gasteiger partial charge in [0.15, 0.2) is 11.5 Å². The summed E-state index contributed by atoms with van der Waals surface area (Å²) in [5, 5.41) is 11.2. The molecular formula is C30H32N2O5. The molecule has 7 nitrogen and oxygen atoms in total. The van der Waals surface area contributed by atoms with E-state index in [0.29, 0.717) is 48.9 Å². The molecular weight excluding hydrogens is 468 g/mol. The molecule has 3 aromatic carbocycles. The zero-order valence-electron chi connectivity index (χ0n) is 21.4. The number of aliphatic hydroxyl groups excluding tert-OH is 1. The molecule has 0 aromatic heterocycles. The first kappa shape index (κ1) is 26.0. The fraction of sp³-hybridized carbons (Fsp3) is 0.267. The number of rotatable bonds is 10. The first-order chi connectivity index (χ1) is 17.9. The predicted octanol–water partition coefficient (Wildman–Crippen LogP) is 4.65. The van der Waals surface area contributed by atoms with Crippen molar-refractivity contribution in [1.29, 1.82) is 0 Å². The number of hydrogen-bond acceptors (Lipinski definition) is 6. The van der Waals surface area contributed by atoms with Crippen LogP contribution in [0, 0.1) is 0 Å². The van der Waals surface area contributed by atoms with Crippen LogP contribution in [0.5, 0.6) is 11.5 Å². The third-order valence-electron chi connectivity index (χ3n) is 6.20. The number of carbonyl (C=O) groups is 2. The number of likely N-dealkylation sites (N-methyl/N-ethyl adjacent to an activating group) is 1. The lowest BCUT2D eigenvalue weighted by atomic mass is 9.95. The molecule has 7 heteroatoms. The molecule has 0 bridgehead atoms. The Kier molecular flexibility index (Phi) is 8.25. The van der Waals surface area contributed by atoms with Crippen LogP contribution in [0.4, 0.5) is 0 Å². The molecule has 1 aliphatic heterocycles. The molecule has 1 N–H and O–H groups in total. The molecule has 1 heterocycles. The number of hydrogen-bond donors (Lipinski definition) is 1. The first-order valence-electron chi connectivity index (χ1n) is 12.3. The van der Waals surface area contributed by atoms with Crippen LogP contribution in [0.3, 0.4) is 0 Å². The molecule has 37 heavy (non-hydrogen) atoms. The minimum Gasteiger partial charge on any atom is -0.507 e. The Bertz CT molecular complexity index is 1270. The molecule has 1 saturated heterocycles. The maximum absolute atomic E-state index is 13.2. The molecule has 1 atom stereocenters. The van der Waals surface area contributed by atoms with Gasteiger partial charge in [-0.2, -0.15) is 0 Å². The van der Waals surface area contributed by atoms with Gasteiger partial charge in [0.2, 0.25) is 0 Å². The largest absolute Gasteiger partial charge is 0.507 e. The number of carbonyl (C=O) groups excluding carboxylic acids is 2. The average molecular weight is 501 g/mol. The quantitative estimate of drug-likeness (QED) is 0.248. The van der Waals surface area contributed by atoms with Crippen molar-refractivity contribution >= 4 is 17.4 Å². The van der Waals surface area contributed by atoms with Gasteiger partial charge in [0.25, 0.3) is 11.7 Å². The van der Waals surface area contributed by atoms with E-state index in [1.165, 1.54) is 4.90 Å². The van der Waals surface area contributed by atoms with Gasteiger partial charge in [-0.3, -0.25) is 9.59 Å². The van der Waals surface area contributed by atoms with Gasteiger partial charge in [-0.15, -0.1) is 0 Å². The fourth-order valence-electron chi connectivity index (χ4n) is 4.33. The molecule has 1 amide bonds. The SMILES string of the molecule is CCOc1cc(C2/C(=C(\O)c3ccccc3)C(=O)C(=O)N2CCN(C)C)ccc1OCc1ccccc1. The van der Waals surface area contributed by atoms with Crippen LogP contribution < -0.4 is 9.47 Å². The van der Waals surface area contributed by atoms with E-state index in [1.54, 1.807) is 36.4 Å². The van der Waals surface area contributed by atoms with Crippen LogP contribution in [0.25, 0.3) is 5.76 Å². The molecule has 4 rings (SSSR count). The predicted molar refractivity (Wildman–Crippen MR) is 142 cm³/mol. The maximum Gasteiger partial charge on any atom is 0.295 e. The smallest absolute Gasteiger partial charge is 0.295 e. The van der Waals surface area contributed by atoms with Crippen molar-refractivity contribution in [1.82, 2.24) is 9.80 Å². The number of aliphatic hydroxyl groups is 1. The molecule has 3 aromatic rings. The second kappa shape index (κ2) is 11.8. The summed E-state index contributed by atoms with van der Waals surface area (Å²) in [6.45, 7) is 3.55. The zero-order chi connectivity index (χ0) is 26.4. The number of benzene rings is 3. The highest BCUT2D eigenvalue weighted by Crippen LogP contribution is 2.42. The number of ketones is 1. The third-order valence-corrected chi connectivity index (χ3v) is 6.20. The van der Waals surface area contributed by atoms with Gasteiger partial charge in [0.05, 0.1) is 18.2 Å². The maximum atomic E-state index is 13.2. The lowest BCUT2D eigenvalue weighted by molar-refractivity contribution is -0.140. The van der Waals surface area contributed by atoms with E-state index >= 15 is 0 Å². The minimum absolute atomic E-state index is 0.0651. The van der Waals surface area contributed by atoms with E-state index in [9.17, 15) is 14.7 Å². The fourth-order valence-corrected chi connectivity index (χ4v) is 4.33.